The summed E-state index contributed by atoms with van der Waals surface area (Å²) in [5, 5.41) is 13.9. The fourth-order valence-electron chi connectivity index (χ4n) is 3.59. The lowest BCUT2D eigenvalue weighted by molar-refractivity contribution is 0.101. The smallest absolute Gasteiger partial charge is 0.264 e. The average Bonchev–Trinajstić information content (AvgIpc) is 2.77. The second-order valence-electron chi connectivity index (χ2n) is 8.17. The van der Waals surface area contributed by atoms with Crippen molar-refractivity contribution in [2.75, 3.05) is 11.3 Å². The molecular formula is C23H26N4O4S. The number of benzene rings is 2. The molecule has 0 fully saturated rings. The highest BCUT2D eigenvalue weighted by molar-refractivity contribution is 7.92. The number of rotatable bonds is 3. The lowest BCUT2D eigenvalue weighted by atomic mass is 10.0. The quantitative estimate of drug-likeness (QED) is 0.556. The van der Waals surface area contributed by atoms with Crippen molar-refractivity contribution in [2.45, 2.75) is 37.4 Å². The topological polar surface area (TPSA) is 113 Å². The van der Waals surface area contributed by atoms with E-state index in [0.717, 1.165) is 12.0 Å². The molecule has 4 bridgehead atoms. The fourth-order valence-corrected chi connectivity index (χ4v) is 4.59. The first-order chi connectivity index (χ1) is 15.3. The minimum absolute atomic E-state index is 0.00619. The summed E-state index contributed by atoms with van der Waals surface area (Å²) in [6, 6.07) is 17.1. The maximum absolute atomic E-state index is 13.0. The largest absolute Gasteiger partial charge is 0.476 e. The molecule has 0 radical (unpaired) electrons. The Labute approximate surface area is 187 Å². The lowest BCUT2D eigenvalue weighted by Gasteiger charge is -2.24. The van der Waals surface area contributed by atoms with E-state index < -0.39 is 16.3 Å². The number of hydrogen-bond donors (Lipinski definition) is 3. The maximum Gasteiger partial charge on any atom is 0.264 e. The lowest BCUT2D eigenvalue weighted by Crippen LogP contribution is -2.38. The van der Waals surface area contributed by atoms with E-state index in [1.54, 1.807) is 18.2 Å². The molecule has 0 saturated carbocycles. The summed E-state index contributed by atoms with van der Waals surface area (Å²) >= 11 is 0. The predicted octanol–water partition coefficient (Wildman–Crippen LogP) is 3.33. The fraction of sp³-hybridized carbons (Fsp3) is 0.304. The molecule has 32 heavy (non-hydrogen) atoms. The number of nitrogens with zero attached hydrogens (tertiary/aromatic N) is 2. The molecule has 168 valence electrons. The van der Waals surface area contributed by atoms with Crippen LogP contribution in [0.2, 0.25) is 0 Å². The van der Waals surface area contributed by atoms with Crippen molar-refractivity contribution in [2.24, 2.45) is 5.92 Å². The van der Waals surface area contributed by atoms with Crippen LogP contribution in [-0.2, 0) is 10.0 Å². The van der Waals surface area contributed by atoms with E-state index >= 15 is 0 Å². The van der Waals surface area contributed by atoms with Gasteiger partial charge in [0.25, 0.3) is 10.0 Å². The van der Waals surface area contributed by atoms with E-state index in [0.29, 0.717) is 17.2 Å². The first kappa shape index (κ1) is 22.2. The van der Waals surface area contributed by atoms with E-state index in [1.165, 1.54) is 12.1 Å². The molecule has 0 aliphatic carbocycles. The molecule has 0 spiro atoms. The second-order valence-corrected chi connectivity index (χ2v) is 9.85. The molecule has 2 atom stereocenters. The van der Waals surface area contributed by atoms with Gasteiger partial charge < -0.3 is 9.84 Å². The monoisotopic (exact) mass is 454 g/mol. The maximum atomic E-state index is 13.0. The van der Waals surface area contributed by atoms with Crippen molar-refractivity contribution in [1.29, 1.82) is 0 Å². The van der Waals surface area contributed by atoms with E-state index in [-0.39, 0.29) is 29.4 Å². The molecule has 3 aromatic rings. The zero-order valence-corrected chi connectivity index (χ0v) is 18.7. The van der Waals surface area contributed by atoms with Crippen LogP contribution in [-0.4, -0.2) is 36.1 Å². The highest BCUT2D eigenvalue weighted by atomic mass is 32.2. The van der Waals surface area contributed by atoms with Crippen LogP contribution in [0.5, 0.6) is 5.88 Å². The van der Waals surface area contributed by atoms with Crippen LogP contribution in [0.3, 0.4) is 0 Å². The molecule has 2 heterocycles. The Morgan fingerprint density at radius 2 is 1.88 bits per heavy atom. The van der Waals surface area contributed by atoms with Crippen LogP contribution in [0.25, 0.3) is 11.3 Å². The van der Waals surface area contributed by atoms with E-state index in [9.17, 15) is 13.5 Å². The highest BCUT2D eigenvalue weighted by Gasteiger charge is 2.23. The third-order valence-electron chi connectivity index (χ3n) is 5.06. The van der Waals surface area contributed by atoms with Gasteiger partial charge in [-0.1, -0.05) is 56.3 Å². The zero-order chi connectivity index (χ0) is 22.7. The molecule has 1 aromatic heterocycles. The van der Waals surface area contributed by atoms with Crippen LogP contribution in [0.4, 0.5) is 5.95 Å². The minimum atomic E-state index is -3.98. The number of aliphatic hydroxyl groups is 1. The average molecular weight is 455 g/mol. The van der Waals surface area contributed by atoms with Crippen LogP contribution >= 0.6 is 0 Å². The molecule has 0 amide bonds. The van der Waals surface area contributed by atoms with Crippen molar-refractivity contribution in [3.05, 3.63) is 66.2 Å². The Hall–Kier alpha value is -3.01. The van der Waals surface area contributed by atoms with Crippen LogP contribution in [0.15, 0.2) is 65.6 Å². The molecule has 9 heteroatoms. The zero-order valence-electron chi connectivity index (χ0n) is 17.9. The molecule has 1 aliphatic rings. The Morgan fingerprint density at radius 1 is 1.09 bits per heavy atom. The van der Waals surface area contributed by atoms with Crippen molar-refractivity contribution in [3.63, 3.8) is 0 Å². The summed E-state index contributed by atoms with van der Waals surface area (Å²) in [4.78, 5) is 8.68. The van der Waals surface area contributed by atoms with Gasteiger partial charge in [0.2, 0.25) is 11.8 Å². The van der Waals surface area contributed by atoms with Gasteiger partial charge in [-0.15, -0.1) is 0 Å². The number of ether oxygens (including phenoxy) is 1. The van der Waals surface area contributed by atoms with Crippen LogP contribution < -0.4 is 14.8 Å². The Balaban J connectivity index is 1.80. The number of aliphatic hydroxyl groups excluding tert-OH is 1. The van der Waals surface area contributed by atoms with Gasteiger partial charge in [0.05, 0.1) is 10.6 Å². The Kier molecular flexibility index (Phi) is 6.40. The minimum Gasteiger partial charge on any atom is -0.476 e. The molecule has 2 aromatic carbocycles. The number of nitrogens with one attached hydrogen (secondary N) is 2. The van der Waals surface area contributed by atoms with Crippen molar-refractivity contribution in [3.8, 4) is 17.1 Å². The van der Waals surface area contributed by atoms with Gasteiger partial charge in [0.1, 0.15) is 12.8 Å². The van der Waals surface area contributed by atoms with E-state index in [1.807, 2.05) is 30.3 Å². The van der Waals surface area contributed by atoms with Crippen molar-refractivity contribution < 1.29 is 18.3 Å². The van der Waals surface area contributed by atoms with Crippen molar-refractivity contribution >= 4 is 16.0 Å². The van der Waals surface area contributed by atoms with Gasteiger partial charge in [0.15, 0.2) is 0 Å². The number of aromatic nitrogens is 2. The number of anilines is 1. The SMILES string of the molecule is CC(C)C[C@@H]1COc2cc(-c3ccccc3)nc(n2)NS(=O)(=O)c2cccc(c2)C(O)N1. The Morgan fingerprint density at radius 3 is 2.62 bits per heavy atom. The van der Waals surface area contributed by atoms with Gasteiger partial charge in [-0.3, -0.25) is 5.32 Å². The third kappa shape index (κ3) is 5.24. The normalized spacial score (nSPS) is 20.2. The molecule has 1 aliphatic heterocycles. The molecule has 0 saturated heterocycles. The van der Waals surface area contributed by atoms with E-state index in [4.69, 9.17) is 4.74 Å². The Bertz CT molecular complexity index is 1190. The summed E-state index contributed by atoms with van der Waals surface area (Å²) in [7, 11) is -3.98. The van der Waals surface area contributed by atoms with Crippen molar-refractivity contribution in [1.82, 2.24) is 15.3 Å². The van der Waals surface area contributed by atoms with Crippen LogP contribution in [0.1, 0.15) is 32.1 Å². The van der Waals surface area contributed by atoms with E-state index in [2.05, 4.69) is 33.9 Å². The summed E-state index contributed by atoms with van der Waals surface area (Å²) in [6.45, 7) is 4.41. The number of fused-ring (bicyclic) bond motifs is 4. The third-order valence-corrected chi connectivity index (χ3v) is 6.39. The summed E-state index contributed by atoms with van der Waals surface area (Å²) in [5.41, 5.74) is 1.78. The highest BCUT2D eigenvalue weighted by Crippen LogP contribution is 2.26. The van der Waals surface area contributed by atoms with Crippen LogP contribution in [0, 0.1) is 5.92 Å². The molecule has 4 rings (SSSR count). The van der Waals surface area contributed by atoms with Gasteiger partial charge in [-0.2, -0.15) is 4.98 Å². The summed E-state index contributed by atoms with van der Waals surface area (Å²) < 4.78 is 34.4. The summed E-state index contributed by atoms with van der Waals surface area (Å²) in [5.74, 6) is 0.515. The predicted molar refractivity (Wildman–Crippen MR) is 122 cm³/mol. The second kappa shape index (κ2) is 9.23. The number of hydrogen-bond acceptors (Lipinski definition) is 7. The first-order valence-electron chi connectivity index (χ1n) is 10.4. The first-order valence-corrected chi connectivity index (χ1v) is 11.9. The summed E-state index contributed by atoms with van der Waals surface area (Å²) in [6.07, 6.45) is -0.302. The van der Waals surface area contributed by atoms with Gasteiger partial charge >= 0.3 is 0 Å². The van der Waals surface area contributed by atoms with Gasteiger partial charge in [-0.25, -0.2) is 18.1 Å². The molecule has 3 N–H and O–H groups in total. The molecule has 1 unspecified atom stereocenters. The van der Waals surface area contributed by atoms with Gasteiger partial charge in [-0.05, 0) is 30.0 Å². The molecular weight excluding hydrogens is 428 g/mol. The standard InChI is InChI=1S/C23H26N4O4S/c1-15(2)11-18-14-31-21-13-20(16-7-4-3-5-8-16)25-23(26-21)27-32(29,30)19-10-6-9-17(12-19)22(28)24-18/h3-10,12-13,15,18,22,24,28H,11,14H2,1-2H3,(H,25,26,27)/t18-,22?/m1/s1. The number of sulfonamides is 1. The molecule has 8 nitrogen and oxygen atoms in total. The van der Waals surface area contributed by atoms with Gasteiger partial charge in [0, 0.05) is 17.7 Å².